The van der Waals surface area contributed by atoms with Gasteiger partial charge in [-0.05, 0) is 37.1 Å². The van der Waals surface area contributed by atoms with Crippen molar-refractivity contribution in [1.29, 1.82) is 0 Å². The van der Waals surface area contributed by atoms with E-state index in [0.717, 1.165) is 42.1 Å². The zero-order valence-electron chi connectivity index (χ0n) is 18.3. The highest BCUT2D eigenvalue weighted by molar-refractivity contribution is 7.99. The van der Waals surface area contributed by atoms with Crippen molar-refractivity contribution < 1.29 is 13.9 Å². The van der Waals surface area contributed by atoms with Crippen LogP contribution in [0.3, 0.4) is 0 Å². The number of hydrogen-bond donors (Lipinski definition) is 0. The van der Waals surface area contributed by atoms with Gasteiger partial charge in [-0.3, -0.25) is 4.57 Å². The first-order chi connectivity index (χ1) is 15.0. The maximum Gasteiger partial charge on any atom is 0.247 e. The number of methoxy groups -OCH3 is 1. The fourth-order valence-electron chi connectivity index (χ4n) is 3.35. The fraction of sp³-hybridized carbons (Fsp3) is 0.524. The second kappa shape index (κ2) is 9.69. The van der Waals surface area contributed by atoms with Crippen LogP contribution in [-0.4, -0.2) is 58.4 Å². The summed E-state index contributed by atoms with van der Waals surface area (Å²) in [6.07, 6.45) is 0. The highest BCUT2D eigenvalue weighted by Crippen LogP contribution is 2.36. The zero-order chi connectivity index (χ0) is 21.8. The van der Waals surface area contributed by atoms with Crippen molar-refractivity contribution >= 4 is 17.7 Å². The van der Waals surface area contributed by atoms with Gasteiger partial charge in [-0.25, -0.2) is 0 Å². The number of thioether (sulfide) groups is 1. The molecular formula is C21H28N6O3S. The Morgan fingerprint density at radius 2 is 1.77 bits per heavy atom. The van der Waals surface area contributed by atoms with E-state index in [0.29, 0.717) is 30.9 Å². The summed E-state index contributed by atoms with van der Waals surface area (Å²) < 4.78 is 18.8. The largest absolute Gasteiger partial charge is 0.497 e. The normalized spacial score (nSPS) is 15.5. The number of ether oxygens (including phenoxy) is 2. The van der Waals surface area contributed by atoms with Crippen LogP contribution in [0.15, 0.2) is 33.8 Å². The van der Waals surface area contributed by atoms with Gasteiger partial charge in [-0.15, -0.1) is 20.4 Å². The molecule has 1 fully saturated rings. The van der Waals surface area contributed by atoms with Crippen LogP contribution in [-0.2, 0) is 11.3 Å². The lowest BCUT2D eigenvalue weighted by atomic mass is 10.2. The van der Waals surface area contributed by atoms with E-state index in [2.05, 4.69) is 43.7 Å². The molecule has 3 aromatic rings. The summed E-state index contributed by atoms with van der Waals surface area (Å²) in [4.78, 5) is 2.24. The highest BCUT2D eigenvalue weighted by Gasteiger charge is 2.24. The zero-order valence-corrected chi connectivity index (χ0v) is 19.1. The molecule has 31 heavy (non-hydrogen) atoms. The first-order valence-corrected chi connectivity index (χ1v) is 11.3. The third-order valence-electron chi connectivity index (χ3n) is 4.95. The molecule has 0 aliphatic carbocycles. The van der Waals surface area contributed by atoms with Crippen molar-refractivity contribution in [2.75, 3.05) is 38.3 Å². The molecule has 1 aromatic carbocycles. The average molecular weight is 445 g/mol. The Morgan fingerprint density at radius 1 is 1.03 bits per heavy atom. The van der Waals surface area contributed by atoms with Gasteiger partial charge in [0, 0.05) is 25.2 Å². The van der Waals surface area contributed by atoms with E-state index in [9.17, 15) is 0 Å². The molecule has 0 amide bonds. The summed E-state index contributed by atoms with van der Waals surface area (Å²) >= 11 is 1.58. The van der Waals surface area contributed by atoms with Crippen LogP contribution in [0.25, 0.3) is 11.5 Å². The fourth-order valence-corrected chi connectivity index (χ4v) is 4.23. The number of nitrogens with zero attached hydrogens (tertiary/aromatic N) is 6. The summed E-state index contributed by atoms with van der Waals surface area (Å²) in [6, 6.07) is 7.56. The Labute approximate surface area is 186 Å². The van der Waals surface area contributed by atoms with Gasteiger partial charge in [0.2, 0.25) is 17.7 Å². The summed E-state index contributed by atoms with van der Waals surface area (Å²) in [7, 11) is 1.64. The van der Waals surface area contributed by atoms with E-state index in [-0.39, 0.29) is 5.25 Å². The standard InChI is InChI=1S/C21H28N6O3S/c1-14(2)13-27-20(26-9-11-29-12-10-26)24-25-21(27)31-15(3)18-22-23-19(30-18)16-5-7-17(28-4)8-6-16/h5-8,14-15H,9-13H2,1-4H3/t15-/m1/s1. The minimum Gasteiger partial charge on any atom is -0.497 e. The topological polar surface area (TPSA) is 91.3 Å². The molecule has 0 radical (unpaired) electrons. The van der Waals surface area contributed by atoms with Crippen LogP contribution in [0, 0.1) is 5.92 Å². The number of morpholine rings is 1. The van der Waals surface area contributed by atoms with E-state index < -0.39 is 0 Å². The molecule has 9 nitrogen and oxygen atoms in total. The quantitative estimate of drug-likeness (QED) is 0.482. The first kappa shape index (κ1) is 21.6. The number of aromatic nitrogens is 5. The summed E-state index contributed by atoms with van der Waals surface area (Å²) in [6.45, 7) is 10.3. The third kappa shape index (κ3) is 5.01. The average Bonchev–Trinajstić information content (AvgIpc) is 3.42. The third-order valence-corrected chi connectivity index (χ3v) is 6.01. The van der Waals surface area contributed by atoms with Crippen LogP contribution in [0.4, 0.5) is 5.95 Å². The molecular weight excluding hydrogens is 416 g/mol. The van der Waals surface area contributed by atoms with Crippen molar-refractivity contribution in [2.45, 2.75) is 37.7 Å². The molecule has 4 rings (SSSR count). The van der Waals surface area contributed by atoms with Gasteiger partial charge in [-0.2, -0.15) is 0 Å². The van der Waals surface area contributed by atoms with Crippen molar-refractivity contribution in [3.63, 3.8) is 0 Å². The van der Waals surface area contributed by atoms with Crippen LogP contribution < -0.4 is 9.64 Å². The van der Waals surface area contributed by atoms with Gasteiger partial charge in [0.05, 0.1) is 25.6 Å². The number of hydrogen-bond acceptors (Lipinski definition) is 9. The van der Waals surface area contributed by atoms with E-state index >= 15 is 0 Å². The molecule has 10 heteroatoms. The Hall–Kier alpha value is -2.59. The minimum absolute atomic E-state index is 0.0628. The maximum atomic E-state index is 5.95. The predicted molar refractivity (Wildman–Crippen MR) is 118 cm³/mol. The Morgan fingerprint density at radius 3 is 2.45 bits per heavy atom. The molecule has 1 aliphatic heterocycles. The first-order valence-electron chi connectivity index (χ1n) is 10.5. The van der Waals surface area contributed by atoms with Gasteiger partial charge in [0.1, 0.15) is 5.75 Å². The van der Waals surface area contributed by atoms with Crippen molar-refractivity contribution in [1.82, 2.24) is 25.0 Å². The summed E-state index contributed by atoms with van der Waals surface area (Å²) in [5.41, 5.74) is 0.856. The lowest BCUT2D eigenvalue weighted by molar-refractivity contribution is 0.121. The molecule has 1 aliphatic rings. The van der Waals surface area contributed by atoms with Crippen molar-refractivity contribution in [3.8, 4) is 17.2 Å². The number of anilines is 1. The van der Waals surface area contributed by atoms with Crippen LogP contribution in [0.5, 0.6) is 5.75 Å². The molecule has 0 saturated carbocycles. The molecule has 166 valence electrons. The molecule has 0 spiro atoms. The van der Waals surface area contributed by atoms with E-state index in [4.69, 9.17) is 13.9 Å². The lowest BCUT2D eigenvalue weighted by Crippen LogP contribution is -2.38. The molecule has 1 saturated heterocycles. The minimum atomic E-state index is -0.0628. The second-order valence-electron chi connectivity index (χ2n) is 7.82. The summed E-state index contributed by atoms with van der Waals surface area (Å²) in [5, 5.41) is 18.3. The van der Waals surface area contributed by atoms with Gasteiger partial charge in [0.25, 0.3) is 0 Å². The molecule has 0 bridgehead atoms. The lowest BCUT2D eigenvalue weighted by Gasteiger charge is -2.28. The highest BCUT2D eigenvalue weighted by atomic mass is 32.2. The van der Waals surface area contributed by atoms with E-state index in [1.807, 2.05) is 31.2 Å². The SMILES string of the molecule is COc1ccc(-c2nnc([C@@H](C)Sc3nnc(N4CCOCC4)n3CC(C)C)o2)cc1. The number of rotatable bonds is 8. The smallest absolute Gasteiger partial charge is 0.247 e. The van der Waals surface area contributed by atoms with Crippen molar-refractivity contribution in [2.24, 2.45) is 5.92 Å². The van der Waals surface area contributed by atoms with Gasteiger partial charge in [0.15, 0.2) is 5.16 Å². The Balaban J connectivity index is 1.52. The van der Waals surface area contributed by atoms with E-state index in [1.165, 1.54) is 0 Å². The second-order valence-corrected chi connectivity index (χ2v) is 9.13. The van der Waals surface area contributed by atoms with Gasteiger partial charge >= 0.3 is 0 Å². The summed E-state index contributed by atoms with van der Waals surface area (Å²) in [5.74, 6) is 3.20. The monoisotopic (exact) mass is 444 g/mol. The molecule has 2 aromatic heterocycles. The van der Waals surface area contributed by atoms with Crippen LogP contribution in [0.2, 0.25) is 0 Å². The maximum absolute atomic E-state index is 5.95. The Bertz CT molecular complexity index is 981. The van der Waals surface area contributed by atoms with Crippen LogP contribution >= 0.6 is 11.8 Å². The van der Waals surface area contributed by atoms with Gasteiger partial charge < -0.3 is 18.8 Å². The van der Waals surface area contributed by atoms with Crippen molar-refractivity contribution in [3.05, 3.63) is 30.2 Å². The molecule has 1 atom stereocenters. The molecule has 0 N–H and O–H groups in total. The van der Waals surface area contributed by atoms with Crippen LogP contribution in [0.1, 0.15) is 31.9 Å². The predicted octanol–water partition coefficient (Wildman–Crippen LogP) is 3.68. The van der Waals surface area contributed by atoms with Gasteiger partial charge in [-0.1, -0.05) is 25.6 Å². The van der Waals surface area contributed by atoms with E-state index in [1.54, 1.807) is 18.9 Å². The Kier molecular flexibility index (Phi) is 6.77. The molecule has 0 unspecified atom stereocenters. The molecule has 3 heterocycles. The number of benzene rings is 1.